The van der Waals surface area contributed by atoms with Crippen molar-refractivity contribution >= 4 is 40.8 Å². The summed E-state index contributed by atoms with van der Waals surface area (Å²) in [5, 5.41) is 11.9. The summed E-state index contributed by atoms with van der Waals surface area (Å²) >= 11 is 5.99. The molecule has 1 aliphatic heterocycles. The molecule has 2 aromatic carbocycles. The number of nitrogens with one attached hydrogen (secondary N) is 1. The van der Waals surface area contributed by atoms with Crippen LogP contribution in [0.3, 0.4) is 0 Å². The summed E-state index contributed by atoms with van der Waals surface area (Å²) in [5.41, 5.74) is 2.81. The maximum Gasteiger partial charge on any atom is 0.341 e. The lowest BCUT2D eigenvalue weighted by atomic mass is 10.0. The number of carbonyl (C=O) groups is 2. The number of aliphatic carboxylic acids is 1. The highest BCUT2D eigenvalue weighted by Crippen LogP contribution is 2.35. The summed E-state index contributed by atoms with van der Waals surface area (Å²) in [4.78, 5) is 22.5. The Kier molecular flexibility index (Phi) is 4.04. The van der Waals surface area contributed by atoms with Crippen LogP contribution in [0.1, 0.15) is 11.1 Å². The maximum atomic E-state index is 12.1. The van der Waals surface area contributed by atoms with Crippen LogP contribution in [0.4, 0.5) is 5.69 Å². The van der Waals surface area contributed by atoms with Crippen molar-refractivity contribution in [1.29, 1.82) is 0 Å². The molecule has 0 saturated carbocycles. The molecule has 0 fully saturated rings. The third kappa shape index (κ3) is 3.35. The molecule has 0 spiro atoms. The first-order valence-corrected chi connectivity index (χ1v) is 7.18. The lowest BCUT2D eigenvalue weighted by molar-refractivity contribution is -0.139. The van der Waals surface area contributed by atoms with Gasteiger partial charge in [-0.15, -0.1) is 0 Å². The van der Waals surface area contributed by atoms with Gasteiger partial charge >= 0.3 is 5.97 Å². The number of carboxylic acids is 1. The predicted octanol–water partition coefficient (Wildman–Crippen LogP) is 3.30. The number of carboxylic acid groups (broad SMARTS) is 1. The van der Waals surface area contributed by atoms with Crippen LogP contribution in [0.2, 0.25) is 5.02 Å². The lowest BCUT2D eigenvalue weighted by Gasteiger charge is -2.04. The van der Waals surface area contributed by atoms with E-state index in [1.165, 1.54) is 0 Å². The second-order valence-corrected chi connectivity index (χ2v) is 5.39. The van der Waals surface area contributed by atoms with Crippen molar-refractivity contribution in [3.8, 4) is 5.75 Å². The van der Waals surface area contributed by atoms with Gasteiger partial charge in [0.25, 0.3) is 5.91 Å². The number of hydrogen-bond donors (Lipinski definition) is 2. The minimum absolute atomic E-state index is 0.187. The van der Waals surface area contributed by atoms with Crippen LogP contribution in [-0.2, 0) is 9.59 Å². The van der Waals surface area contributed by atoms with E-state index in [9.17, 15) is 9.59 Å². The Hall–Kier alpha value is -2.79. The number of fused-ring (bicyclic) bond motifs is 1. The van der Waals surface area contributed by atoms with Crippen LogP contribution in [0.25, 0.3) is 11.6 Å². The molecule has 3 rings (SSSR count). The zero-order chi connectivity index (χ0) is 16.4. The van der Waals surface area contributed by atoms with Crippen molar-refractivity contribution in [2.24, 2.45) is 0 Å². The fourth-order valence-corrected chi connectivity index (χ4v) is 2.45. The molecule has 2 aromatic rings. The van der Waals surface area contributed by atoms with Crippen LogP contribution in [0.15, 0.2) is 42.5 Å². The molecule has 0 atom stereocenters. The standard InChI is InChI=1S/C17H12ClNO4/c18-11-3-6-15-13(8-11)14(17(22)19-15)7-10-1-4-12(5-2-10)23-9-16(20)21/h1-8H,9H2,(H,19,22)(H,20,21)/b14-7+. The van der Waals surface area contributed by atoms with E-state index >= 15 is 0 Å². The van der Waals surface area contributed by atoms with E-state index in [4.69, 9.17) is 21.4 Å². The molecule has 0 radical (unpaired) electrons. The first kappa shape index (κ1) is 15.1. The summed E-state index contributed by atoms with van der Waals surface area (Å²) < 4.78 is 5.07. The smallest absolute Gasteiger partial charge is 0.341 e. The van der Waals surface area contributed by atoms with Gasteiger partial charge in [-0.25, -0.2) is 4.79 Å². The summed E-state index contributed by atoms with van der Waals surface area (Å²) in [5.74, 6) is -0.769. The van der Waals surface area contributed by atoms with Gasteiger partial charge in [0.1, 0.15) is 5.75 Å². The van der Waals surface area contributed by atoms with Gasteiger partial charge in [0.2, 0.25) is 0 Å². The Balaban J connectivity index is 1.86. The molecule has 5 nitrogen and oxygen atoms in total. The Labute approximate surface area is 137 Å². The molecule has 23 heavy (non-hydrogen) atoms. The fraction of sp³-hybridized carbons (Fsp3) is 0.0588. The van der Waals surface area contributed by atoms with Gasteiger partial charge in [-0.05, 0) is 42.0 Å². The molecule has 1 amide bonds. The summed E-state index contributed by atoms with van der Waals surface area (Å²) in [6.45, 7) is -0.394. The molecule has 116 valence electrons. The van der Waals surface area contributed by atoms with Gasteiger partial charge < -0.3 is 15.2 Å². The van der Waals surface area contributed by atoms with Crippen molar-refractivity contribution in [1.82, 2.24) is 0 Å². The SMILES string of the molecule is O=C(O)COc1ccc(/C=C2/C(=O)Nc3ccc(Cl)cc32)cc1. The number of anilines is 1. The van der Waals surface area contributed by atoms with Gasteiger partial charge in [-0.1, -0.05) is 23.7 Å². The monoisotopic (exact) mass is 329 g/mol. The molecule has 0 aliphatic carbocycles. The number of hydrogen-bond acceptors (Lipinski definition) is 3. The van der Waals surface area contributed by atoms with E-state index in [1.807, 2.05) is 0 Å². The van der Waals surface area contributed by atoms with Gasteiger partial charge in [0.15, 0.2) is 6.61 Å². The molecule has 0 saturated heterocycles. The number of benzene rings is 2. The van der Waals surface area contributed by atoms with Gasteiger partial charge in [0.05, 0.1) is 0 Å². The third-order valence-corrected chi connectivity index (χ3v) is 3.55. The van der Waals surface area contributed by atoms with Gasteiger partial charge in [-0.3, -0.25) is 4.79 Å². The molecule has 1 heterocycles. The first-order chi connectivity index (χ1) is 11.0. The normalized spacial score (nSPS) is 14.5. The Morgan fingerprint density at radius 1 is 1.22 bits per heavy atom. The minimum Gasteiger partial charge on any atom is -0.482 e. The fourth-order valence-electron chi connectivity index (χ4n) is 2.28. The topological polar surface area (TPSA) is 75.6 Å². The van der Waals surface area contributed by atoms with Crippen molar-refractivity contribution in [2.45, 2.75) is 0 Å². The van der Waals surface area contributed by atoms with Crippen LogP contribution < -0.4 is 10.1 Å². The Morgan fingerprint density at radius 3 is 2.65 bits per heavy atom. The quantitative estimate of drug-likeness (QED) is 0.844. The van der Waals surface area contributed by atoms with Crippen LogP contribution in [0, 0.1) is 0 Å². The van der Waals surface area contributed by atoms with Crippen LogP contribution in [-0.4, -0.2) is 23.6 Å². The number of rotatable bonds is 4. The zero-order valence-corrected chi connectivity index (χ0v) is 12.6. The van der Waals surface area contributed by atoms with E-state index in [0.717, 1.165) is 16.8 Å². The molecule has 0 unspecified atom stereocenters. The van der Waals surface area contributed by atoms with Crippen molar-refractivity contribution in [3.63, 3.8) is 0 Å². The molecule has 6 heteroatoms. The molecule has 1 aliphatic rings. The molecule has 2 N–H and O–H groups in total. The van der Waals surface area contributed by atoms with E-state index < -0.39 is 12.6 Å². The highest BCUT2D eigenvalue weighted by molar-refractivity contribution is 6.36. The van der Waals surface area contributed by atoms with Crippen LogP contribution in [0.5, 0.6) is 5.75 Å². The molecule has 0 bridgehead atoms. The van der Waals surface area contributed by atoms with Crippen LogP contribution >= 0.6 is 11.6 Å². The predicted molar refractivity (Wildman–Crippen MR) is 87.5 cm³/mol. The number of amides is 1. The molecular weight excluding hydrogens is 318 g/mol. The van der Waals surface area contributed by atoms with Gasteiger partial charge in [-0.2, -0.15) is 0 Å². The van der Waals surface area contributed by atoms with E-state index in [1.54, 1.807) is 48.5 Å². The van der Waals surface area contributed by atoms with E-state index in [2.05, 4.69) is 5.32 Å². The largest absolute Gasteiger partial charge is 0.482 e. The second kappa shape index (κ2) is 6.14. The summed E-state index contributed by atoms with van der Waals surface area (Å²) in [6, 6.07) is 12.0. The van der Waals surface area contributed by atoms with E-state index in [-0.39, 0.29) is 5.91 Å². The third-order valence-electron chi connectivity index (χ3n) is 3.32. The number of halogens is 1. The van der Waals surface area contributed by atoms with Crippen molar-refractivity contribution in [2.75, 3.05) is 11.9 Å². The highest BCUT2D eigenvalue weighted by Gasteiger charge is 2.24. The number of carbonyl (C=O) groups excluding carboxylic acids is 1. The first-order valence-electron chi connectivity index (χ1n) is 6.80. The summed E-state index contributed by atoms with van der Waals surface area (Å²) in [6.07, 6.45) is 1.75. The minimum atomic E-state index is -1.03. The highest BCUT2D eigenvalue weighted by atomic mass is 35.5. The van der Waals surface area contributed by atoms with Crippen molar-refractivity contribution < 1.29 is 19.4 Å². The summed E-state index contributed by atoms with van der Waals surface area (Å²) in [7, 11) is 0. The zero-order valence-electron chi connectivity index (χ0n) is 11.9. The average molecular weight is 330 g/mol. The van der Waals surface area contributed by atoms with E-state index in [0.29, 0.717) is 16.3 Å². The molecular formula is C17H12ClNO4. The molecule has 0 aromatic heterocycles. The number of ether oxygens (including phenoxy) is 1. The van der Waals surface area contributed by atoms with Crippen molar-refractivity contribution in [3.05, 3.63) is 58.6 Å². The lowest BCUT2D eigenvalue weighted by Crippen LogP contribution is -2.09. The Bertz CT molecular complexity index is 812. The second-order valence-electron chi connectivity index (χ2n) is 4.95. The maximum absolute atomic E-state index is 12.1. The Morgan fingerprint density at radius 2 is 1.96 bits per heavy atom. The van der Waals surface area contributed by atoms with Gasteiger partial charge in [0, 0.05) is 21.8 Å². The average Bonchev–Trinajstić information content (AvgIpc) is 2.82.